The van der Waals surface area contributed by atoms with Crippen molar-refractivity contribution in [1.29, 1.82) is 0 Å². The van der Waals surface area contributed by atoms with E-state index in [1.165, 1.54) is 6.92 Å². The number of carbonyl (C=O) groups excluding carboxylic acids is 1. The lowest BCUT2D eigenvalue weighted by molar-refractivity contribution is -0.114. The highest BCUT2D eigenvalue weighted by Gasteiger charge is 2.20. The van der Waals surface area contributed by atoms with Crippen molar-refractivity contribution in [2.75, 3.05) is 12.4 Å². The monoisotopic (exact) mass is 270 g/mol. The fourth-order valence-electron chi connectivity index (χ4n) is 1.71. The molecule has 4 nitrogen and oxygen atoms in total. The maximum absolute atomic E-state index is 11.3. The molecule has 0 bridgehead atoms. The van der Waals surface area contributed by atoms with Crippen molar-refractivity contribution in [3.05, 3.63) is 22.7 Å². The Balaban J connectivity index is 3.31. The third-order valence-electron chi connectivity index (χ3n) is 2.37. The third kappa shape index (κ3) is 3.89. The average molecular weight is 271 g/mol. The van der Waals surface area contributed by atoms with E-state index in [1.54, 1.807) is 19.2 Å². The molecule has 0 saturated heterocycles. The second-order valence-corrected chi connectivity index (χ2v) is 5.36. The van der Waals surface area contributed by atoms with Gasteiger partial charge >= 0.3 is 0 Å². The Morgan fingerprint density at radius 2 is 2.11 bits per heavy atom. The normalized spacial score (nSPS) is 11.2. The third-order valence-corrected chi connectivity index (χ3v) is 2.72. The van der Waals surface area contributed by atoms with E-state index in [4.69, 9.17) is 22.1 Å². The zero-order valence-electron chi connectivity index (χ0n) is 11.1. The summed E-state index contributed by atoms with van der Waals surface area (Å²) in [5, 5.41) is 3.32. The van der Waals surface area contributed by atoms with Crippen LogP contribution in [0.15, 0.2) is 12.1 Å². The van der Waals surface area contributed by atoms with Crippen molar-refractivity contribution in [1.82, 2.24) is 0 Å². The van der Waals surface area contributed by atoms with Crippen molar-refractivity contribution in [2.45, 2.75) is 32.7 Å². The van der Waals surface area contributed by atoms with Gasteiger partial charge in [-0.2, -0.15) is 0 Å². The molecule has 5 heteroatoms. The number of anilines is 1. The molecule has 0 aliphatic rings. The molecule has 0 spiro atoms. The molecule has 0 saturated carbocycles. The smallest absolute Gasteiger partial charge is 0.221 e. The highest BCUT2D eigenvalue weighted by molar-refractivity contribution is 6.32. The summed E-state index contributed by atoms with van der Waals surface area (Å²) in [6, 6.07) is 3.47. The van der Waals surface area contributed by atoms with Gasteiger partial charge in [-0.25, -0.2) is 0 Å². The molecule has 0 aliphatic heterocycles. The van der Waals surface area contributed by atoms with Crippen molar-refractivity contribution in [3.63, 3.8) is 0 Å². The predicted octanol–water partition coefficient (Wildman–Crippen LogP) is 2.59. The number of nitrogens with one attached hydrogen (secondary N) is 1. The van der Waals surface area contributed by atoms with E-state index in [0.29, 0.717) is 22.9 Å². The molecule has 3 N–H and O–H groups in total. The Kier molecular flexibility index (Phi) is 4.59. The van der Waals surface area contributed by atoms with Crippen LogP contribution < -0.4 is 15.8 Å². The first kappa shape index (κ1) is 14.8. The lowest BCUT2D eigenvalue weighted by atomic mass is 9.94. The number of halogens is 1. The summed E-state index contributed by atoms with van der Waals surface area (Å²) >= 11 is 6.19. The first-order valence-electron chi connectivity index (χ1n) is 5.66. The molecule has 18 heavy (non-hydrogen) atoms. The fraction of sp³-hybridized carbons (Fsp3) is 0.462. The highest BCUT2D eigenvalue weighted by Crippen LogP contribution is 2.35. The Morgan fingerprint density at radius 1 is 1.50 bits per heavy atom. The molecule has 1 amide bonds. The molecule has 0 radical (unpaired) electrons. The van der Waals surface area contributed by atoms with Crippen LogP contribution in [0.2, 0.25) is 5.02 Å². The summed E-state index contributed by atoms with van der Waals surface area (Å²) in [5.41, 5.74) is 6.97. The van der Waals surface area contributed by atoms with Gasteiger partial charge in [0.2, 0.25) is 5.91 Å². The van der Waals surface area contributed by atoms with Gasteiger partial charge in [-0.3, -0.25) is 4.79 Å². The van der Waals surface area contributed by atoms with Crippen LogP contribution in [0, 0.1) is 0 Å². The van der Waals surface area contributed by atoms with E-state index in [0.717, 1.165) is 5.56 Å². The molecule has 100 valence electrons. The lowest BCUT2D eigenvalue weighted by Gasteiger charge is -2.23. The van der Waals surface area contributed by atoms with Crippen LogP contribution in [0.1, 0.15) is 26.3 Å². The molecule has 0 fully saturated rings. The van der Waals surface area contributed by atoms with Crippen LogP contribution in [0.25, 0.3) is 0 Å². The van der Waals surface area contributed by atoms with E-state index < -0.39 is 5.54 Å². The molecular weight excluding hydrogens is 252 g/mol. The minimum absolute atomic E-state index is 0.174. The van der Waals surface area contributed by atoms with Gasteiger partial charge in [0, 0.05) is 17.5 Å². The summed E-state index contributed by atoms with van der Waals surface area (Å²) in [6.07, 6.45) is 0.540. The van der Waals surface area contributed by atoms with Gasteiger partial charge in [0.05, 0.1) is 12.8 Å². The van der Waals surface area contributed by atoms with Gasteiger partial charge in [-0.05, 0) is 38.0 Å². The topological polar surface area (TPSA) is 64.3 Å². The van der Waals surface area contributed by atoms with E-state index in [-0.39, 0.29) is 5.91 Å². The van der Waals surface area contributed by atoms with Crippen LogP contribution in [-0.2, 0) is 11.2 Å². The van der Waals surface area contributed by atoms with Gasteiger partial charge in [-0.1, -0.05) is 11.6 Å². The van der Waals surface area contributed by atoms with E-state index in [9.17, 15) is 4.79 Å². The molecule has 1 aromatic rings. The molecular formula is C13H19ClN2O2. The summed E-state index contributed by atoms with van der Waals surface area (Å²) in [4.78, 5) is 11.3. The second kappa shape index (κ2) is 5.59. The minimum Gasteiger partial charge on any atom is -0.495 e. The number of ether oxygens (including phenoxy) is 1. The zero-order valence-corrected chi connectivity index (χ0v) is 11.9. The van der Waals surface area contributed by atoms with Crippen LogP contribution in [0.4, 0.5) is 5.69 Å². The Bertz CT molecular complexity index is 453. The number of benzene rings is 1. The van der Waals surface area contributed by atoms with Gasteiger partial charge < -0.3 is 15.8 Å². The summed E-state index contributed by atoms with van der Waals surface area (Å²) in [7, 11) is 1.55. The van der Waals surface area contributed by atoms with E-state index in [2.05, 4.69) is 5.32 Å². The van der Waals surface area contributed by atoms with Gasteiger partial charge in [-0.15, -0.1) is 0 Å². The first-order valence-corrected chi connectivity index (χ1v) is 6.04. The van der Waals surface area contributed by atoms with Gasteiger partial charge in [0.1, 0.15) is 5.75 Å². The SMILES string of the molecule is COc1ccc(Cl)c(CC(C)(C)N)c1NC(C)=O. The maximum Gasteiger partial charge on any atom is 0.221 e. The Hall–Kier alpha value is -1.26. The number of rotatable bonds is 4. The molecule has 0 atom stereocenters. The van der Waals surface area contributed by atoms with Crippen molar-refractivity contribution in [3.8, 4) is 5.75 Å². The highest BCUT2D eigenvalue weighted by atomic mass is 35.5. The number of nitrogens with two attached hydrogens (primary N) is 1. The second-order valence-electron chi connectivity index (χ2n) is 4.95. The number of carbonyl (C=O) groups is 1. The van der Waals surface area contributed by atoms with Gasteiger partial charge in [0.25, 0.3) is 0 Å². The van der Waals surface area contributed by atoms with Crippen LogP contribution >= 0.6 is 11.6 Å². The van der Waals surface area contributed by atoms with Crippen LogP contribution in [0.3, 0.4) is 0 Å². The minimum atomic E-state index is -0.427. The average Bonchev–Trinajstić information content (AvgIpc) is 2.21. The molecule has 0 aliphatic carbocycles. The standard InChI is InChI=1S/C13H19ClN2O2/c1-8(17)16-12-9(7-13(2,3)15)10(14)5-6-11(12)18-4/h5-6H,7,15H2,1-4H3,(H,16,17). The Morgan fingerprint density at radius 3 is 2.56 bits per heavy atom. The predicted molar refractivity (Wildman–Crippen MR) is 74.3 cm³/mol. The Labute approximate surface area is 112 Å². The molecule has 1 aromatic carbocycles. The van der Waals surface area contributed by atoms with Gasteiger partial charge in [0.15, 0.2) is 0 Å². The maximum atomic E-state index is 11.3. The quantitative estimate of drug-likeness (QED) is 0.884. The lowest BCUT2D eigenvalue weighted by Crippen LogP contribution is -2.35. The first-order chi connectivity index (χ1) is 8.24. The van der Waals surface area contributed by atoms with Crippen LogP contribution in [-0.4, -0.2) is 18.6 Å². The van der Waals surface area contributed by atoms with E-state index >= 15 is 0 Å². The molecule has 0 unspecified atom stereocenters. The summed E-state index contributed by atoms with van der Waals surface area (Å²) in [5.74, 6) is 0.403. The molecule has 0 heterocycles. The van der Waals surface area contributed by atoms with Crippen molar-refractivity contribution in [2.24, 2.45) is 5.73 Å². The number of hydrogen-bond acceptors (Lipinski definition) is 3. The largest absolute Gasteiger partial charge is 0.495 e. The summed E-state index contributed by atoms with van der Waals surface area (Å²) < 4.78 is 5.24. The fourth-order valence-corrected chi connectivity index (χ4v) is 1.94. The van der Waals surface area contributed by atoms with Crippen molar-refractivity contribution >= 4 is 23.2 Å². The van der Waals surface area contributed by atoms with Crippen LogP contribution in [0.5, 0.6) is 5.75 Å². The zero-order chi connectivity index (χ0) is 13.9. The van der Waals surface area contributed by atoms with E-state index in [1.807, 2.05) is 13.8 Å². The molecule has 1 rings (SSSR count). The van der Waals surface area contributed by atoms with Crippen molar-refractivity contribution < 1.29 is 9.53 Å². The number of hydrogen-bond donors (Lipinski definition) is 2. The molecule has 0 aromatic heterocycles. The number of amides is 1. The summed E-state index contributed by atoms with van der Waals surface area (Å²) in [6.45, 7) is 5.25. The number of methoxy groups -OCH3 is 1.